The van der Waals surface area contributed by atoms with Crippen LogP contribution in [0, 0.1) is 0 Å². The minimum absolute atomic E-state index is 0.0923. The standard InChI is InChI=1S/C12H20N4O3S/c17-20(18,16-7-3-1-2-4-8-16)13-9-11-14-12(19-15-11)10-5-6-10/h10,13H,1-9H2. The van der Waals surface area contributed by atoms with Gasteiger partial charge in [0, 0.05) is 19.0 Å². The molecule has 0 spiro atoms. The van der Waals surface area contributed by atoms with Crippen LogP contribution in [0.1, 0.15) is 56.2 Å². The topological polar surface area (TPSA) is 88.3 Å². The van der Waals surface area contributed by atoms with Gasteiger partial charge in [-0.15, -0.1) is 0 Å². The summed E-state index contributed by atoms with van der Waals surface area (Å²) in [4.78, 5) is 4.22. The first kappa shape index (κ1) is 14.0. The maximum Gasteiger partial charge on any atom is 0.279 e. The van der Waals surface area contributed by atoms with Gasteiger partial charge >= 0.3 is 0 Å². The predicted molar refractivity (Wildman–Crippen MR) is 72.1 cm³/mol. The van der Waals surface area contributed by atoms with E-state index in [0.29, 0.717) is 30.7 Å². The van der Waals surface area contributed by atoms with Gasteiger partial charge in [0.15, 0.2) is 5.82 Å². The molecule has 0 amide bonds. The summed E-state index contributed by atoms with van der Waals surface area (Å²) in [5, 5.41) is 3.81. The molecule has 20 heavy (non-hydrogen) atoms. The van der Waals surface area contributed by atoms with Crippen LogP contribution in [0.5, 0.6) is 0 Å². The van der Waals surface area contributed by atoms with Gasteiger partial charge in [-0.1, -0.05) is 18.0 Å². The third kappa shape index (κ3) is 3.36. The van der Waals surface area contributed by atoms with Gasteiger partial charge in [0.1, 0.15) is 0 Å². The van der Waals surface area contributed by atoms with E-state index in [1.807, 2.05) is 0 Å². The number of rotatable bonds is 5. The average molecular weight is 300 g/mol. The first-order chi connectivity index (χ1) is 9.65. The van der Waals surface area contributed by atoms with Crippen molar-refractivity contribution in [1.82, 2.24) is 19.2 Å². The Kier molecular flexibility index (Phi) is 4.04. The van der Waals surface area contributed by atoms with E-state index in [1.165, 1.54) is 4.31 Å². The number of aromatic nitrogens is 2. The molecule has 1 saturated heterocycles. The van der Waals surface area contributed by atoms with Crippen LogP contribution in [-0.4, -0.2) is 36.0 Å². The molecule has 0 radical (unpaired) electrons. The molecule has 0 unspecified atom stereocenters. The fraction of sp³-hybridized carbons (Fsp3) is 0.833. The summed E-state index contributed by atoms with van der Waals surface area (Å²) in [7, 11) is -3.44. The zero-order chi connectivity index (χ0) is 14.0. The molecule has 8 heteroatoms. The molecule has 1 aliphatic heterocycles. The molecule has 1 saturated carbocycles. The maximum atomic E-state index is 12.2. The van der Waals surface area contributed by atoms with Crippen molar-refractivity contribution in [2.75, 3.05) is 13.1 Å². The van der Waals surface area contributed by atoms with Gasteiger partial charge in [0.25, 0.3) is 10.2 Å². The molecular weight excluding hydrogens is 280 g/mol. The van der Waals surface area contributed by atoms with E-state index < -0.39 is 10.2 Å². The number of nitrogens with one attached hydrogen (secondary N) is 1. The zero-order valence-electron chi connectivity index (χ0n) is 11.4. The van der Waals surface area contributed by atoms with Gasteiger partial charge in [-0.2, -0.15) is 22.4 Å². The highest BCUT2D eigenvalue weighted by molar-refractivity contribution is 7.87. The lowest BCUT2D eigenvalue weighted by atomic mass is 10.2. The summed E-state index contributed by atoms with van der Waals surface area (Å²) in [5.41, 5.74) is 0. The second-order valence-corrected chi connectivity index (χ2v) is 7.22. The monoisotopic (exact) mass is 300 g/mol. The van der Waals surface area contributed by atoms with Crippen LogP contribution in [0.2, 0.25) is 0 Å². The van der Waals surface area contributed by atoms with Crippen LogP contribution in [0.25, 0.3) is 0 Å². The van der Waals surface area contributed by atoms with Crippen LogP contribution in [0.4, 0.5) is 0 Å². The lowest BCUT2D eigenvalue weighted by Crippen LogP contribution is -2.41. The number of nitrogens with zero attached hydrogens (tertiary/aromatic N) is 3. The van der Waals surface area contributed by atoms with E-state index in [4.69, 9.17) is 4.52 Å². The SMILES string of the molecule is O=S(=O)(NCc1noc(C2CC2)n1)N1CCCCCC1. The lowest BCUT2D eigenvalue weighted by Gasteiger charge is -2.19. The van der Waals surface area contributed by atoms with E-state index >= 15 is 0 Å². The Morgan fingerprint density at radius 2 is 1.90 bits per heavy atom. The van der Waals surface area contributed by atoms with E-state index in [2.05, 4.69) is 14.9 Å². The van der Waals surface area contributed by atoms with Gasteiger partial charge in [-0.3, -0.25) is 0 Å². The number of hydrogen-bond acceptors (Lipinski definition) is 5. The van der Waals surface area contributed by atoms with Crippen molar-refractivity contribution in [2.24, 2.45) is 0 Å². The molecule has 1 N–H and O–H groups in total. The van der Waals surface area contributed by atoms with E-state index in [-0.39, 0.29) is 6.54 Å². The highest BCUT2D eigenvalue weighted by Gasteiger charge is 2.30. The quantitative estimate of drug-likeness (QED) is 0.881. The maximum absolute atomic E-state index is 12.2. The molecule has 112 valence electrons. The van der Waals surface area contributed by atoms with Gasteiger partial charge < -0.3 is 4.52 Å². The Morgan fingerprint density at radius 1 is 1.20 bits per heavy atom. The fourth-order valence-electron chi connectivity index (χ4n) is 2.36. The van der Waals surface area contributed by atoms with Crippen LogP contribution in [-0.2, 0) is 16.8 Å². The Morgan fingerprint density at radius 3 is 2.55 bits per heavy atom. The van der Waals surface area contributed by atoms with E-state index in [9.17, 15) is 8.42 Å². The predicted octanol–water partition coefficient (Wildman–Crippen LogP) is 1.16. The van der Waals surface area contributed by atoms with E-state index in [0.717, 1.165) is 38.5 Å². The molecular formula is C12H20N4O3S. The van der Waals surface area contributed by atoms with Gasteiger partial charge in [-0.25, -0.2) is 0 Å². The van der Waals surface area contributed by atoms with Crippen LogP contribution < -0.4 is 4.72 Å². The minimum atomic E-state index is -3.44. The number of hydrogen-bond donors (Lipinski definition) is 1. The molecule has 1 aromatic heterocycles. The summed E-state index contributed by atoms with van der Waals surface area (Å²) in [6.45, 7) is 1.28. The summed E-state index contributed by atoms with van der Waals surface area (Å²) in [6.07, 6.45) is 6.22. The van der Waals surface area contributed by atoms with Crippen molar-refractivity contribution in [1.29, 1.82) is 0 Å². The normalized spacial score (nSPS) is 21.8. The molecule has 2 aliphatic rings. The fourth-order valence-corrected chi connectivity index (χ4v) is 3.60. The molecule has 0 atom stereocenters. The highest BCUT2D eigenvalue weighted by Crippen LogP contribution is 2.38. The van der Waals surface area contributed by atoms with Crippen molar-refractivity contribution in [3.8, 4) is 0 Å². The second-order valence-electron chi connectivity index (χ2n) is 5.46. The smallest absolute Gasteiger partial charge is 0.279 e. The van der Waals surface area contributed by atoms with Crippen LogP contribution in [0.3, 0.4) is 0 Å². The van der Waals surface area contributed by atoms with Crippen LogP contribution in [0.15, 0.2) is 4.52 Å². The Hall–Kier alpha value is -0.990. The minimum Gasteiger partial charge on any atom is -0.339 e. The molecule has 2 fully saturated rings. The lowest BCUT2D eigenvalue weighted by molar-refractivity contribution is 0.373. The molecule has 1 aliphatic carbocycles. The van der Waals surface area contributed by atoms with Gasteiger partial charge in [0.05, 0.1) is 6.54 Å². The Balaban J connectivity index is 1.57. The largest absolute Gasteiger partial charge is 0.339 e. The summed E-state index contributed by atoms with van der Waals surface area (Å²) < 4.78 is 33.6. The first-order valence-corrected chi connectivity index (χ1v) is 8.66. The molecule has 3 rings (SSSR count). The van der Waals surface area contributed by atoms with Crippen molar-refractivity contribution >= 4 is 10.2 Å². The van der Waals surface area contributed by atoms with Crippen molar-refractivity contribution in [3.05, 3.63) is 11.7 Å². The van der Waals surface area contributed by atoms with Gasteiger partial charge in [0.2, 0.25) is 5.89 Å². The molecule has 2 heterocycles. The highest BCUT2D eigenvalue weighted by atomic mass is 32.2. The van der Waals surface area contributed by atoms with Crippen molar-refractivity contribution in [2.45, 2.75) is 51.0 Å². The average Bonchev–Trinajstić information content (AvgIpc) is 3.21. The summed E-state index contributed by atoms with van der Waals surface area (Å²) >= 11 is 0. The van der Waals surface area contributed by atoms with Crippen molar-refractivity contribution < 1.29 is 12.9 Å². The molecule has 0 bridgehead atoms. The summed E-state index contributed by atoms with van der Waals surface area (Å²) in [6, 6.07) is 0. The second kappa shape index (κ2) is 5.79. The molecule has 1 aromatic rings. The Labute approximate surface area is 118 Å². The van der Waals surface area contributed by atoms with E-state index in [1.54, 1.807) is 0 Å². The van der Waals surface area contributed by atoms with Crippen LogP contribution >= 0.6 is 0 Å². The summed E-state index contributed by atoms with van der Waals surface area (Å²) in [5.74, 6) is 1.43. The Bertz CT molecular complexity index is 545. The molecule has 7 nitrogen and oxygen atoms in total. The zero-order valence-corrected chi connectivity index (χ0v) is 12.2. The third-order valence-electron chi connectivity index (χ3n) is 3.73. The van der Waals surface area contributed by atoms with Gasteiger partial charge in [-0.05, 0) is 25.7 Å². The first-order valence-electron chi connectivity index (χ1n) is 7.22. The third-order valence-corrected chi connectivity index (χ3v) is 5.28. The van der Waals surface area contributed by atoms with Crippen molar-refractivity contribution in [3.63, 3.8) is 0 Å². The molecule has 0 aromatic carbocycles.